The molecule has 4 nitrogen and oxygen atoms in total. The normalized spacial score (nSPS) is 14.4. The van der Waals surface area contributed by atoms with Gasteiger partial charge in [0.2, 0.25) is 0 Å². The number of anilines is 1. The highest BCUT2D eigenvalue weighted by Crippen LogP contribution is 2.38. The van der Waals surface area contributed by atoms with Crippen LogP contribution in [0, 0.1) is 11.7 Å². The first-order valence-electron chi connectivity index (χ1n) is 9.17. The fourth-order valence-corrected chi connectivity index (χ4v) is 3.73. The standard InChI is InChI=1S/C22H22FNO3S/c1-4-28-20-19(15-8-10-18(11-9-15)27-13-14(2)3)21(25)24(22(20)26)17-7-5-6-16(23)12-17/h5-12,14H,4,13H2,1-3H3. The van der Waals surface area contributed by atoms with Crippen molar-refractivity contribution in [2.24, 2.45) is 5.92 Å². The number of amides is 2. The van der Waals surface area contributed by atoms with Crippen LogP contribution in [-0.4, -0.2) is 24.2 Å². The molecule has 0 radical (unpaired) electrons. The predicted octanol–water partition coefficient (Wildman–Crippen LogP) is 4.90. The van der Waals surface area contributed by atoms with Crippen LogP contribution in [0.2, 0.25) is 0 Å². The Morgan fingerprint density at radius 1 is 1.07 bits per heavy atom. The minimum absolute atomic E-state index is 0.232. The van der Waals surface area contributed by atoms with Gasteiger partial charge in [-0.15, -0.1) is 11.8 Å². The molecule has 0 aromatic heterocycles. The maximum Gasteiger partial charge on any atom is 0.272 e. The lowest BCUT2D eigenvalue weighted by Crippen LogP contribution is -2.31. The lowest BCUT2D eigenvalue weighted by molar-refractivity contribution is -0.119. The van der Waals surface area contributed by atoms with E-state index in [1.807, 2.05) is 6.92 Å². The zero-order chi connectivity index (χ0) is 20.3. The molecule has 0 bridgehead atoms. The number of nitrogens with zero attached hydrogens (tertiary/aromatic N) is 1. The Morgan fingerprint density at radius 3 is 2.39 bits per heavy atom. The molecule has 1 aliphatic rings. The van der Waals surface area contributed by atoms with E-state index in [0.717, 1.165) is 4.90 Å². The fraction of sp³-hybridized carbons (Fsp3) is 0.273. The number of carbonyl (C=O) groups excluding carboxylic acids is 2. The van der Waals surface area contributed by atoms with Gasteiger partial charge in [0.1, 0.15) is 11.6 Å². The monoisotopic (exact) mass is 399 g/mol. The third kappa shape index (κ3) is 4.12. The second-order valence-corrected chi connectivity index (χ2v) is 8.07. The highest BCUT2D eigenvalue weighted by molar-refractivity contribution is 8.04. The molecule has 146 valence electrons. The molecule has 0 unspecified atom stereocenters. The Bertz CT molecular complexity index is 922. The van der Waals surface area contributed by atoms with Gasteiger partial charge in [0.05, 0.1) is 22.8 Å². The topological polar surface area (TPSA) is 46.6 Å². The largest absolute Gasteiger partial charge is 0.493 e. The Morgan fingerprint density at radius 2 is 1.79 bits per heavy atom. The van der Waals surface area contributed by atoms with Gasteiger partial charge >= 0.3 is 0 Å². The summed E-state index contributed by atoms with van der Waals surface area (Å²) < 4.78 is 19.3. The van der Waals surface area contributed by atoms with Gasteiger partial charge in [-0.25, -0.2) is 9.29 Å². The molecule has 0 N–H and O–H groups in total. The van der Waals surface area contributed by atoms with Crippen molar-refractivity contribution in [3.8, 4) is 5.75 Å². The molecular formula is C22H22FNO3S. The van der Waals surface area contributed by atoms with Gasteiger partial charge in [-0.1, -0.05) is 39.0 Å². The molecule has 3 rings (SSSR count). The van der Waals surface area contributed by atoms with Gasteiger partial charge in [0.25, 0.3) is 11.8 Å². The van der Waals surface area contributed by atoms with Gasteiger partial charge in [0, 0.05) is 0 Å². The lowest BCUT2D eigenvalue weighted by atomic mass is 10.1. The molecule has 1 heterocycles. The molecule has 28 heavy (non-hydrogen) atoms. The summed E-state index contributed by atoms with van der Waals surface area (Å²) in [5, 5.41) is 0. The third-order valence-electron chi connectivity index (χ3n) is 4.12. The zero-order valence-electron chi connectivity index (χ0n) is 16.1. The number of halogens is 1. The van der Waals surface area contributed by atoms with Crippen molar-refractivity contribution in [3.05, 3.63) is 64.8 Å². The maximum atomic E-state index is 13.6. The van der Waals surface area contributed by atoms with Gasteiger partial charge in [-0.3, -0.25) is 9.59 Å². The lowest BCUT2D eigenvalue weighted by Gasteiger charge is -2.15. The van der Waals surface area contributed by atoms with Crippen LogP contribution in [0.15, 0.2) is 53.4 Å². The van der Waals surface area contributed by atoms with Crippen molar-refractivity contribution in [1.82, 2.24) is 0 Å². The number of hydrogen-bond donors (Lipinski definition) is 0. The first-order valence-corrected chi connectivity index (χ1v) is 10.2. The summed E-state index contributed by atoms with van der Waals surface area (Å²) in [6, 6.07) is 12.7. The highest BCUT2D eigenvalue weighted by atomic mass is 32.2. The fourth-order valence-electron chi connectivity index (χ4n) is 2.87. The summed E-state index contributed by atoms with van der Waals surface area (Å²) in [5.74, 6) is 0.401. The first-order chi connectivity index (χ1) is 13.4. The van der Waals surface area contributed by atoms with Crippen LogP contribution in [-0.2, 0) is 9.59 Å². The molecule has 0 aliphatic carbocycles. The van der Waals surface area contributed by atoms with Gasteiger partial charge < -0.3 is 4.74 Å². The van der Waals surface area contributed by atoms with Crippen molar-refractivity contribution < 1.29 is 18.7 Å². The quantitative estimate of drug-likeness (QED) is 0.622. The molecule has 0 spiro atoms. The van der Waals surface area contributed by atoms with Crippen LogP contribution in [0.5, 0.6) is 5.75 Å². The van der Waals surface area contributed by atoms with Gasteiger partial charge in [-0.05, 0) is 47.6 Å². The molecule has 1 aliphatic heterocycles. The van der Waals surface area contributed by atoms with Gasteiger partial charge in [0.15, 0.2) is 0 Å². The van der Waals surface area contributed by atoms with E-state index in [1.54, 1.807) is 30.3 Å². The molecule has 0 fully saturated rings. The van der Waals surface area contributed by atoms with E-state index in [2.05, 4.69) is 13.8 Å². The molecule has 6 heteroatoms. The van der Waals surface area contributed by atoms with Crippen LogP contribution >= 0.6 is 11.8 Å². The molecule has 0 saturated heterocycles. The molecule has 2 aromatic rings. The van der Waals surface area contributed by atoms with E-state index in [1.165, 1.54) is 30.0 Å². The number of imide groups is 1. The highest BCUT2D eigenvalue weighted by Gasteiger charge is 2.40. The summed E-state index contributed by atoms with van der Waals surface area (Å²) in [6.07, 6.45) is 0. The van der Waals surface area contributed by atoms with E-state index < -0.39 is 17.6 Å². The second kappa shape index (κ2) is 8.61. The molecule has 0 atom stereocenters. The first kappa shape index (κ1) is 20.1. The van der Waals surface area contributed by atoms with Crippen LogP contribution in [0.1, 0.15) is 26.3 Å². The summed E-state index contributed by atoms with van der Waals surface area (Å²) in [4.78, 5) is 27.4. The molecular weight excluding hydrogens is 377 g/mol. The molecule has 2 amide bonds. The summed E-state index contributed by atoms with van der Waals surface area (Å²) in [7, 11) is 0. The Balaban J connectivity index is 1.95. The number of ether oxygens (including phenoxy) is 1. The SMILES string of the molecule is CCSC1=C(c2ccc(OCC(C)C)cc2)C(=O)N(c2cccc(F)c2)C1=O. The van der Waals surface area contributed by atoms with Gasteiger partial charge in [-0.2, -0.15) is 0 Å². The van der Waals surface area contributed by atoms with Crippen molar-refractivity contribution in [2.75, 3.05) is 17.3 Å². The number of hydrogen-bond acceptors (Lipinski definition) is 4. The minimum atomic E-state index is -0.497. The Hall–Kier alpha value is -2.60. The van der Waals surface area contributed by atoms with E-state index in [-0.39, 0.29) is 5.69 Å². The van der Waals surface area contributed by atoms with E-state index in [9.17, 15) is 14.0 Å². The van der Waals surface area contributed by atoms with E-state index in [4.69, 9.17) is 4.74 Å². The summed E-state index contributed by atoms with van der Waals surface area (Å²) in [5.41, 5.74) is 1.22. The number of benzene rings is 2. The Labute approximate surface area is 168 Å². The number of thioether (sulfide) groups is 1. The molecule has 2 aromatic carbocycles. The maximum absolute atomic E-state index is 13.6. The summed E-state index contributed by atoms with van der Waals surface area (Å²) in [6.45, 7) is 6.65. The average molecular weight is 399 g/mol. The second-order valence-electron chi connectivity index (χ2n) is 6.79. The van der Waals surface area contributed by atoms with Crippen LogP contribution < -0.4 is 9.64 Å². The number of carbonyl (C=O) groups is 2. The van der Waals surface area contributed by atoms with Crippen LogP contribution in [0.4, 0.5) is 10.1 Å². The smallest absolute Gasteiger partial charge is 0.272 e. The predicted molar refractivity (Wildman–Crippen MR) is 111 cm³/mol. The van der Waals surface area contributed by atoms with Crippen LogP contribution in [0.25, 0.3) is 5.57 Å². The van der Waals surface area contributed by atoms with Crippen molar-refractivity contribution in [1.29, 1.82) is 0 Å². The number of rotatable bonds is 7. The molecule has 0 saturated carbocycles. The average Bonchev–Trinajstić information content (AvgIpc) is 2.91. The van der Waals surface area contributed by atoms with Crippen molar-refractivity contribution >= 4 is 34.8 Å². The van der Waals surface area contributed by atoms with Crippen molar-refractivity contribution in [3.63, 3.8) is 0 Å². The van der Waals surface area contributed by atoms with Crippen molar-refractivity contribution in [2.45, 2.75) is 20.8 Å². The van der Waals surface area contributed by atoms with Crippen LogP contribution in [0.3, 0.4) is 0 Å². The zero-order valence-corrected chi connectivity index (χ0v) is 16.9. The van der Waals surface area contributed by atoms with E-state index in [0.29, 0.717) is 40.1 Å². The van der Waals surface area contributed by atoms with E-state index >= 15 is 0 Å². The Kier molecular flexibility index (Phi) is 6.19. The minimum Gasteiger partial charge on any atom is -0.493 e. The third-order valence-corrected chi connectivity index (χ3v) is 5.08. The summed E-state index contributed by atoms with van der Waals surface area (Å²) >= 11 is 1.32.